The molecular weight excluding hydrogens is 268 g/mol. The van der Waals surface area contributed by atoms with Crippen molar-refractivity contribution in [3.05, 3.63) is 53.7 Å². The fourth-order valence-electron chi connectivity index (χ4n) is 1.83. The number of amides is 1. The van der Waals surface area contributed by atoms with Crippen LogP contribution in [-0.2, 0) is 6.42 Å². The van der Waals surface area contributed by atoms with E-state index < -0.39 is 0 Å². The van der Waals surface area contributed by atoms with Gasteiger partial charge in [0.2, 0.25) is 5.88 Å². The summed E-state index contributed by atoms with van der Waals surface area (Å²) in [5.41, 5.74) is 2.20. The van der Waals surface area contributed by atoms with Crippen molar-refractivity contribution in [2.24, 2.45) is 0 Å². The minimum Gasteiger partial charge on any atom is -0.478 e. The molecule has 1 aromatic carbocycles. The van der Waals surface area contributed by atoms with E-state index in [4.69, 9.17) is 9.84 Å². The van der Waals surface area contributed by atoms with Crippen LogP contribution in [0.15, 0.2) is 42.6 Å². The third-order valence-electron chi connectivity index (χ3n) is 2.90. The number of aliphatic hydroxyl groups is 1. The Hall–Kier alpha value is -2.40. The summed E-state index contributed by atoms with van der Waals surface area (Å²) in [6, 6.07) is 10.7. The van der Waals surface area contributed by atoms with E-state index in [1.807, 2.05) is 31.2 Å². The summed E-state index contributed by atoms with van der Waals surface area (Å²) in [4.78, 5) is 16.1. The number of hydrogen-bond donors (Lipinski definition) is 2. The van der Waals surface area contributed by atoms with Gasteiger partial charge in [0.25, 0.3) is 5.91 Å². The third-order valence-corrected chi connectivity index (χ3v) is 2.90. The van der Waals surface area contributed by atoms with Gasteiger partial charge in [-0.3, -0.25) is 4.79 Å². The van der Waals surface area contributed by atoms with E-state index in [2.05, 4.69) is 10.3 Å². The molecule has 0 fully saturated rings. The molecule has 0 bridgehead atoms. The minimum atomic E-state index is -0.222. The second-order valence-corrected chi connectivity index (χ2v) is 4.44. The predicted molar refractivity (Wildman–Crippen MR) is 80.6 cm³/mol. The van der Waals surface area contributed by atoms with Gasteiger partial charge in [-0.05, 0) is 37.1 Å². The summed E-state index contributed by atoms with van der Waals surface area (Å²) in [5.74, 6) is 0.280. The molecule has 0 aliphatic rings. The number of carbonyl (C=O) groups is 1. The number of benzene rings is 1. The van der Waals surface area contributed by atoms with Crippen LogP contribution in [0.4, 0.5) is 5.69 Å². The van der Waals surface area contributed by atoms with E-state index in [-0.39, 0.29) is 12.5 Å². The summed E-state index contributed by atoms with van der Waals surface area (Å²) < 4.78 is 5.23. The molecule has 0 saturated carbocycles. The first-order valence-corrected chi connectivity index (χ1v) is 6.83. The molecular formula is C16H18N2O3. The summed E-state index contributed by atoms with van der Waals surface area (Å²) >= 11 is 0. The van der Waals surface area contributed by atoms with Crippen molar-refractivity contribution < 1.29 is 14.6 Å². The van der Waals surface area contributed by atoms with Crippen LogP contribution < -0.4 is 10.1 Å². The van der Waals surface area contributed by atoms with Gasteiger partial charge < -0.3 is 15.2 Å². The number of carbonyl (C=O) groups excluding carboxylic acids is 1. The molecule has 0 radical (unpaired) electrons. The molecule has 2 rings (SSSR count). The zero-order chi connectivity index (χ0) is 15.1. The lowest BCUT2D eigenvalue weighted by atomic mass is 10.1. The van der Waals surface area contributed by atoms with E-state index in [0.717, 1.165) is 5.56 Å². The lowest BCUT2D eigenvalue weighted by Crippen LogP contribution is -2.12. The summed E-state index contributed by atoms with van der Waals surface area (Å²) in [7, 11) is 0. The molecule has 110 valence electrons. The van der Waals surface area contributed by atoms with Crippen LogP contribution in [0.25, 0.3) is 0 Å². The molecule has 5 nitrogen and oxygen atoms in total. The number of aromatic nitrogens is 1. The molecule has 2 aromatic rings. The fourth-order valence-corrected chi connectivity index (χ4v) is 1.83. The van der Waals surface area contributed by atoms with Gasteiger partial charge in [0, 0.05) is 24.6 Å². The number of nitrogens with one attached hydrogen (secondary N) is 1. The van der Waals surface area contributed by atoms with Gasteiger partial charge >= 0.3 is 0 Å². The highest BCUT2D eigenvalue weighted by Crippen LogP contribution is 2.13. The summed E-state index contributed by atoms with van der Waals surface area (Å²) in [5, 5.41) is 11.7. The first kappa shape index (κ1) is 15.0. The Balaban J connectivity index is 2.00. The van der Waals surface area contributed by atoms with Gasteiger partial charge in [-0.2, -0.15) is 0 Å². The van der Waals surface area contributed by atoms with Crippen molar-refractivity contribution in [1.29, 1.82) is 0 Å². The van der Waals surface area contributed by atoms with Crippen molar-refractivity contribution in [2.75, 3.05) is 18.5 Å². The quantitative estimate of drug-likeness (QED) is 0.854. The standard InChI is InChI=1S/C16H18N2O3/c1-2-21-15-8-5-13(11-17-15)16(20)18-14-6-3-12(4-7-14)9-10-19/h3-8,11,19H,2,9-10H2,1H3,(H,18,20). The molecule has 5 heteroatoms. The maximum absolute atomic E-state index is 12.1. The van der Waals surface area contributed by atoms with Crippen LogP contribution in [-0.4, -0.2) is 29.2 Å². The van der Waals surface area contributed by atoms with Gasteiger partial charge in [0.15, 0.2) is 0 Å². The molecule has 0 atom stereocenters. The first-order chi connectivity index (χ1) is 10.2. The second kappa shape index (κ2) is 7.40. The largest absolute Gasteiger partial charge is 0.478 e. The van der Waals surface area contributed by atoms with Gasteiger partial charge in [-0.25, -0.2) is 4.98 Å². The highest BCUT2D eigenvalue weighted by Gasteiger charge is 2.07. The van der Waals surface area contributed by atoms with Gasteiger partial charge in [-0.15, -0.1) is 0 Å². The van der Waals surface area contributed by atoms with Gasteiger partial charge in [-0.1, -0.05) is 12.1 Å². The van der Waals surface area contributed by atoms with E-state index in [0.29, 0.717) is 30.2 Å². The van der Waals surface area contributed by atoms with E-state index in [1.54, 1.807) is 12.1 Å². The van der Waals surface area contributed by atoms with E-state index >= 15 is 0 Å². The van der Waals surface area contributed by atoms with Gasteiger partial charge in [0.1, 0.15) is 0 Å². The molecule has 0 aliphatic heterocycles. The Labute approximate surface area is 123 Å². The number of rotatable bonds is 6. The number of anilines is 1. The molecule has 0 saturated heterocycles. The van der Waals surface area contributed by atoms with Crippen molar-refractivity contribution in [2.45, 2.75) is 13.3 Å². The van der Waals surface area contributed by atoms with Crippen LogP contribution in [0, 0.1) is 0 Å². The number of nitrogens with zero attached hydrogens (tertiary/aromatic N) is 1. The Bertz CT molecular complexity index is 579. The van der Waals surface area contributed by atoms with Crippen molar-refractivity contribution in [1.82, 2.24) is 4.98 Å². The van der Waals surface area contributed by atoms with Crippen molar-refractivity contribution in [3.8, 4) is 5.88 Å². The summed E-state index contributed by atoms with van der Waals surface area (Å²) in [6.45, 7) is 2.53. The Morgan fingerprint density at radius 3 is 2.57 bits per heavy atom. The SMILES string of the molecule is CCOc1ccc(C(=O)Nc2ccc(CCO)cc2)cn1. The molecule has 1 aromatic heterocycles. The zero-order valence-electron chi connectivity index (χ0n) is 11.9. The Morgan fingerprint density at radius 2 is 2.00 bits per heavy atom. The normalized spacial score (nSPS) is 10.2. The van der Waals surface area contributed by atoms with Gasteiger partial charge in [0.05, 0.1) is 12.2 Å². The minimum absolute atomic E-state index is 0.115. The fraction of sp³-hybridized carbons (Fsp3) is 0.250. The lowest BCUT2D eigenvalue weighted by molar-refractivity contribution is 0.102. The lowest BCUT2D eigenvalue weighted by Gasteiger charge is -2.07. The van der Waals surface area contributed by atoms with Crippen LogP contribution in [0.5, 0.6) is 5.88 Å². The average molecular weight is 286 g/mol. The molecule has 0 unspecified atom stereocenters. The summed E-state index contributed by atoms with van der Waals surface area (Å²) in [6.07, 6.45) is 2.09. The first-order valence-electron chi connectivity index (χ1n) is 6.83. The average Bonchev–Trinajstić information content (AvgIpc) is 2.50. The number of pyridine rings is 1. The topological polar surface area (TPSA) is 71.5 Å². The Kier molecular flexibility index (Phi) is 5.29. The van der Waals surface area contributed by atoms with E-state index in [9.17, 15) is 4.79 Å². The number of aliphatic hydroxyl groups excluding tert-OH is 1. The molecule has 2 N–H and O–H groups in total. The third kappa shape index (κ3) is 4.29. The molecule has 1 amide bonds. The highest BCUT2D eigenvalue weighted by atomic mass is 16.5. The molecule has 21 heavy (non-hydrogen) atoms. The van der Waals surface area contributed by atoms with Crippen molar-refractivity contribution >= 4 is 11.6 Å². The predicted octanol–water partition coefficient (Wildman–Crippen LogP) is 2.27. The monoisotopic (exact) mass is 286 g/mol. The highest BCUT2D eigenvalue weighted by molar-refractivity contribution is 6.04. The molecule has 0 spiro atoms. The smallest absolute Gasteiger partial charge is 0.257 e. The van der Waals surface area contributed by atoms with Crippen LogP contribution >= 0.6 is 0 Å². The van der Waals surface area contributed by atoms with Crippen LogP contribution in [0.3, 0.4) is 0 Å². The maximum Gasteiger partial charge on any atom is 0.257 e. The molecule has 1 heterocycles. The van der Waals surface area contributed by atoms with Crippen LogP contribution in [0.2, 0.25) is 0 Å². The number of hydrogen-bond acceptors (Lipinski definition) is 4. The zero-order valence-corrected chi connectivity index (χ0v) is 11.9. The second-order valence-electron chi connectivity index (χ2n) is 4.44. The van der Waals surface area contributed by atoms with E-state index in [1.165, 1.54) is 6.20 Å². The number of ether oxygens (including phenoxy) is 1. The molecule has 0 aliphatic carbocycles. The maximum atomic E-state index is 12.1. The van der Waals surface area contributed by atoms with Crippen LogP contribution in [0.1, 0.15) is 22.8 Å². The Morgan fingerprint density at radius 1 is 1.24 bits per heavy atom. The van der Waals surface area contributed by atoms with Crippen molar-refractivity contribution in [3.63, 3.8) is 0 Å².